The van der Waals surface area contributed by atoms with E-state index in [1.807, 2.05) is 0 Å². The Morgan fingerprint density at radius 3 is 1.75 bits per heavy atom. The molecule has 1 rings (SSSR count). The van der Waals surface area contributed by atoms with E-state index in [1.165, 1.54) is 0 Å². The lowest BCUT2D eigenvalue weighted by molar-refractivity contribution is 0.672. The highest BCUT2D eigenvalue weighted by Gasteiger charge is 2.58. The molecule has 0 saturated heterocycles. The molecule has 2 unspecified atom stereocenters. The van der Waals surface area contributed by atoms with Gasteiger partial charge in [0.2, 0.25) is 0 Å². The minimum Gasteiger partial charge on any atom is -0.323 e. The molecule has 0 bridgehead atoms. The van der Waals surface area contributed by atoms with E-state index in [2.05, 4.69) is 11.7 Å². The van der Waals surface area contributed by atoms with Gasteiger partial charge in [-0.1, -0.05) is 0 Å². The van der Waals surface area contributed by atoms with Crippen LogP contribution in [-0.4, -0.2) is 24.5 Å². The first kappa shape index (κ1) is 5.68. The van der Waals surface area contributed by atoms with E-state index in [-0.39, 0.29) is 12.1 Å². The zero-order valence-electron chi connectivity index (χ0n) is 4.54. The monoisotopic (exact) mass is 114 g/mol. The molecule has 2 atom stereocenters. The van der Waals surface area contributed by atoms with Crippen LogP contribution in [-0.2, 0) is 0 Å². The molecule has 0 radical (unpaired) electrons. The summed E-state index contributed by atoms with van der Waals surface area (Å²) in [6.07, 6.45) is 0. The smallest absolute Gasteiger partial charge is 0.141 e. The fourth-order valence-corrected chi connectivity index (χ4v) is 0.660. The lowest BCUT2D eigenvalue weighted by atomic mass is 10.5. The first-order valence-electron chi connectivity index (χ1n) is 2.41. The van der Waals surface area contributed by atoms with Gasteiger partial charge in [0, 0.05) is 0 Å². The summed E-state index contributed by atoms with van der Waals surface area (Å²) in [5.41, 5.74) is 15.5. The second kappa shape index (κ2) is 1.28. The molecule has 4 nitrogen and oxygen atoms in total. The van der Waals surface area contributed by atoms with Crippen LogP contribution in [0, 0.1) is 0 Å². The predicted molar refractivity (Wildman–Crippen MR) is 32.4 cm³/mol. The van der Waals surface area contributed by atoms with Crippen LogP contribution in [0.1, 0.15) is 0 Å². The van der Waals surface area contributed by atoms with Crippen molar-refractivity contribution in [1.29, 1.82) is 0 Å². The van der Waals surface area contributed by atoms with Crippen molar-refractivity contribution in [3.05, 3.63) is 0 Å². The lowest BCUT2D eigenvalue weighted by Crippen LogP contribution is -2.30. The first-order chi connectivity index (χ1) is 3.63. The van der Waals surface area contributed by atoms with Gasteiger partial charge in [0.15, 0.2) is 0 Å². The van der Waals surface area contributed by atoms with Gasteiger partial charge in [-0.3, -0.25) is 4.99 Å². The zero-order valence-corrected chi connectivity index (χ0v) is 4.54. The molecule has 4 heteroatoms. The minimum atomic E-state index is -0.722. The molecule has 0 amide bonds. The highest BCUT2D eigenvalue weighted by Crippen LogP contribution is 2.29. The third-order valence-corrected chi connectivity index (χ3v) is 1.62. The first-order valence-corrected chi connectivity index (χ1v) is 2.41. The summed E-state index contributed by atoms with van der Waals surface area (Å²) in [4.78, 5) is 3.57. The SMILES string of the molecule is C=NC1(N)C(N)C1N. The summed E-state index contributed by atoms with van der Waals surface area (Å²) in [6, 6.07) is -0.389. The molecule has 1 saturated carbocycles. The molecular formula is C4H10N4. The van der Waals surface area contributed by atoms with Crippen LogP contribution in [0.5, 0.6) is 0 Å². The molecule has 6 N–H and O–H groups in total. The van der Waals surface area contributed by atoms with Gasteiger partial charge >= 0.3 is 0 Å². The van der Waals surface area contributed by atoms with E-state index in [1.54, 1.807) is 0 Å². The standard InChI is InChI=1S/C4H10N4/c1-8-4(7)2(5)3(4)6/h2-3H,1,5-7H2. The Balaban J connectivity index is 2.63. The van der Waals surface area contributed by atoms with E-state index in [9.17, 15) is 0 Å². The molecule has 0 aliphatic heterocycles. The molecule has 0 heterocycles. The largest absolute Gasteiger partial charge is 0.323 e. The molecule has 1 aliphatic carbocycles. The van der Waals surface area contributed by atoms with Crippen molar-refractivity contribution in [1.82, 2.24) is 0 Å². The number of hydrogen-bond donors (Lipinski definition) is 3. The Morgan fingerprint density at radius 2 is 1.75 bits per heavy atom. The van der Waals surface area contributed by atoms with Crippen LogP contribution in [0.2, 0.25) is 0 Å². The van der Waals surface area contributed by atoms with Gasteiger partial charge in [-0.15, -0.1) is 0 Å². The van der Waals surface area contributed by atoms with Crippen molar-refractivity contribution in [2.45, 2.75) is 17.7 Å². The minimum absolute atomic E-state index is 0.194. The second-order valence-corrected chi connectivity index (χ2v) is 2.10. The maximum absolute atomic E-state index is 5.45. The van der Waals surface area contributed by atoms with Gasteiger partial charge in [0.25, 0.3) is 0 Å². The van der Waals surface area contributed by atoms with Crippen LogP contribution in [0.4, 0.5) is 0 Å². The molecule has 0 spiro atoms. The fraction of sp³-hybridized carbons (Fsp3) is 0.750. The third-order valence-electron chi connectivity index (χ3n) is 1.62. The summed E-state index contributed by atoms with van der Waals surface area (Å²) in [5.74, 6) is 0. The summed E-state index contributed by atoms with van der Waals surface area (Å²) in [6.45, 7) is 3.26. The van der Waals surface area contributed by atoms with Gasteiger partial charge < -0.3 is 17.2 Å². The van der Waals surface area contributed by atoms with Crippen molar-refractivity contribution in [3.8, 4) is 0 Å². The number of rotatable bonds is 1. The topological polar surface area (TPSA) is 90.4 Å². The molecule has 0 aromatic heterocycles. The number of nitrogens with zero attached hydrogens (tertiary/aromatic N) is 1. The average Bonchev–Trinajstić information content (AvgIpc) is 2.22. The third kappa shape index (κ3) is 0.419. The van der Waals surface area contributed by atoms with Gasteiger partial charge in [-0.05, 0) is 6.72 Å². The van der Waals surface area contributed by atoms with E-state index in [4.69, 9.17) is 17.2 Å². The molecule has 0 aromatic rings. The second-order valence-electron chi connectivity index (χ2n) is 2.10. The van der Waals surface area contributed by atoms with Gasteiger partial charge in [0.05, 0.1) is 12.1 Å². The summed E-state index contributed by atoms with van der Waals surface area (Å²) in [5, 5.41) is 0. The van der Waals surface area contributed by atoms with Crippen LogP contribution in [0.25, 0.3) is 0 Å². The Hall–Kier alpha value is -0.450. The van der Waals surface area contributed by atoms with Crippen molar-refractivity contribution < 1.29 is 0 Å². The Labute approximate surface area is 47.7 Å². The van der Waals surface area contributed by atoms with E-state index >= 15 is 0 Å². The van der Waals surface area contributed by atoms with Crippen molar-refractivity contribution in [2.24, 2.45) is 22.2 Å². The van der Waals surface area contributed by atoms with Crippen LogP contribution >= 0.6 is 0 Å². The normalized spacial score (nSPS) is 53.4. The highest BCUT2D eigenvalue weighted by atomic mass is 15.2. The van der Waals surface area contributed by atoms with Crippen LogP contribution in [0.3, 0.4) is 0 Å². The zero-order chi connectivity index (χ0) is 6.36. The van der Waals surface area contributed by atoms with Crippen molar-refractivity contribution in [2.75, 3.05) is 0 Å². The lowest BCUT2D eigenvalue weighted by Gasteiger charge is -1.97. The molecule has 1 aliphatic rings. The Morgan fingerprint density at radius 1 is 1.38 bits per heavy atom. The Kier molecular flexibility index (Phi) is 0.910. The molecular weight excluding hydrogens is 104 g/mol. The van der Waals surface area contributed by atoms with Gasteiger partial charge in [-0.2, -0.15) is 0 Å². The van der Waals surface area contributed by atoms with Gasteiger partial charge in [0.1, 0.15) is 5.66 Å². The number of aliphatic imine (C=N–C) groups is 1. The predicted octanol–water partition coefficient (Wildman–Crippen LogP) is -1.99. The van der Waals surface area contributed by atoms with Crippen LogP contribution < -0.4 is 17.2 Å². The Bertz CT molecular complexity index is 113. The number of nitrogens with two attached hydrogens (primary N) is 3. The molecule has 0 aromatic carbocycles. The quantitative estimate of drug-likeness (QED) is 0.345. The van der Waals surface area contributed by atoms with Crippen molar-refractivity contribution in [3.63, 3.8) is 0 Å². The van der Waals surface area contributed by atoms with Gasteiger partial charge in [-0.25, -0.2) is 0 Å². The van der Waals surface area contributed by atoms with E-state index in [0.29, 0.717) is 0 Å². The highest BCUT2D eigenvalue weighted by molar-refractivity contribution is 5.34. The molecule has 46 valence electrons. The van der Waals surface area contributed by atoms with Crippen molar-refractivity contribution >= 4 is 6.72 Å². The van der Waals surface area contributed by atoms with E-state index in [0.717, 1.165) is 0 Å². The average molecular weight is 114 g/mol. The maximum atomic E-state index is 5.45. The molecule has 8 heavy (non-hydrogen) atoms. The number of hydrogen-bond acceptors (Lipinski definition) is 4. The summed E-state index contributed by atoms with van der Waals surface area (Å²) >= 11 is 0. The molecule has 1 fully saturated rings. The fourth-order valence-electron chi connectivity index (χ4n) is 0.660. The summed E-state index contributed by atoms with van der Waals surface area (Å²) < 4.78 is 0. The van der Waals surface area contributed by atoms with Crippen LogP contribution in [0.15, 0.2) is 4.99 Å². The maximum Gasteiger partial charge on any atom is 0.141 e. The summed E-state index contributed by atoms with van der Waals surface area (Å²) in [7, 11) is 0. The van der Waals surface area contributed by atoms with E-state index < -0.39 is 5.66 Å².